The predicted molar refractivity (Wildman–Crippen MR) is 88.9 cm³/mol. The van der Waals surface area contributed by atoms with E-state index in [0.717, 1.165) is 16.7 Å². The van der Waals surface area contributed by atoms with Crippen LogP contribution in [0.3, 0.4) is 0 Å². The third-order valence-electron chi connectivity index (χ3n) is 3.05. The van der Waals surface area contributed by atoms with Gasteiger partial charge in [-0.25, -0.2) is 19.3 Å². The van der Waals surface area contributed by atoms with Crippen molar-refractivity contribution in [3.8, 4) is 6.57 Å². The quantitative estimate of drug-likeness (QED) is 0.805. The van der Waals surface area contributed by atoms with Gasteiger partial charge in [0.1, 0.15) is 5.82 Å². The van der Waals surface area contributed by atoms with Gasteiger partial charge >= 0.3 is 0 Å². The molecule has 0 spiro atoms. The molecule has 5 nitrogen and oxygen atoms in total. The van der Waals surface area contributed by atoms with Crippen molar-refractivity contribution in [2.24, 2.45) is 5.73 Å². The van der Waals surface area contributed by atoms with Crippen LogP contribution < -0.4 is 5.73 Å². The van der Waals surface area contributed by atoms with Crippen LogP contribution in [0.2, 0.25) is 0 Å². The van der Waals surface area contributed by atoms with E-state index in [2.05, 4.69) is 16.7 Å². The summed E-state index contributed by atoms with van der Waals surface area (Å²) in [6.07, 6.45) is 1.70. The lowest BCUT2D eigenvalue weighted by Crippen LogP contribution is -2.05. The number of aromatic nitrogens is 3. The molecule has 2 heterocycles. The molecule has 0 fully saturated rings. The second kappa shape index (κ2) is 9.28. The highest BCUT2D eigenvalue weighted by Crippen LogP contribution is 2.17. The van der Waals surface area contributed by atoms with Crippen molar-refractivity contribution in [3.63, 3.8) is 0 Å². The van der Waals surface area contributed by atoms with Crippen molar-refractivity contribution in [1.82, 2.24) is 14.8 Å². The van der Waals surface area contributed by atoms with Crippen LogP contribution >= 0.6 is 0 Å². The molecule has 3 rings (SSSR count). The number of fused-ring (bicyclic) bond motifs is 1. The average molecular weight is 313 g/mol. The van der Waals surface area contributed by atoms with Gasteiger partial charge in [-0.2, -0.15) is 5.10 Å². The summed E-state index contributed by atoms with van der Waals surface area (Å²) < 4.78 is 15.4. The van der Waals surface area contributed by atoms with Crippen LogP contribution in [-0.4, -0.2) is 14.8 Å². The Morgan fingerprint density at radius 1 is 1.17 bits per heavy atom. The van der Waals surface area contributed by atoms with Gasteiger partial charge in [0, 0.05) is 30.3 Å². The Bertz CT molecular complexity index is 764. The van der Waals surface area contributed by atoms with Crippen LogP contribution in [0.15, 0.2) is 42.6 Å². The molecule has 6 heteroatoms. The van der Waals surface area contributed by atoms with E-state index in [1.54, 1.807) is 29.1 Å². The fourth-order valence-electron chi connectivity index (χ4n) is 2.12. The van der Waals surface area contributed by atoms with Crippen molar-refractivity contribution in [2.45, 2.75) is 26.9 Å². The molecule has 2 aromatic heterocycles. The van der Waals surface area contributed by atoms with Crippen LogP contribution in [-0.2, 0) is 13.1 Å². The van der Waals surface area contributed by atoms with Crippen molar-refractivity contribution < 1.29 is 4.39 Å². The monoisotopic (exact) mass is 313 g/mol. The molecule has 23 heavy (non-hydrogen) atoms. The van der Waals surface area contributed by atoms with Crippen LogP contribution in [0.1, 0.15) is 25.1 Å². The first-order valence-corrected chi connectivity index (χ1v) is 7.29. The Hall–Kier alpha value is -2.78. The van der Waals surface area contributed by atoms with Crippen LogP contribution in [0.4, 0.5) is 4.39 Å². The number of hydrogen-bond donors (Lipinski definition) is 1. The third kappa shape index (κ3) is 4.11. The topological polar surface area (TPSA) is 80.5 Å². The smallest absolute Gasteiger partial charge is 0.158 e. The SMILES string of the molecule is C#N.CC.NCc1nn(Cc2ccccc2F)c2ncccc12. The maximum absolute atomic E-state index is 13.7. The van der Waals surface area contributed by atoms with E-state index in [4.69, 9.17) is 11.0 Å². The number of halogens is 1. The summed E-state index contributed by atoms with van der Waals surface area (Å²) in [5.41, 5.74) is 7.76. The van der Waals surface area contributed by atoms with Crippen LogP contribution in [0.5, 0.6) is 0 Å². The summed E-state index contributed by atoms with van der Waals surface area (Å²) >= 11 is 0. The summed E-state index contributed by atoms with van der Waals surface area (Å²) in [5, 5.41) is 11.8. The molecule has 0 aliphatic heterocycles. The second-order valence-electron chi connectivity index (χ2n) is 4.27. The van der Waals surface area contributed by atoms with E-state index in [9.17, 15) is 4.39 Å². The number of nitrogens with zero attached hydrogens (tertiary/aromatic N) is 4. The minimum Gasteiger partial charge on any atom is -0.325 e. The fraction of sp³-hybridized carbons (Fsp3) is 0.235. The van der Waals surface area contributed by atoms with Gasteiger partial charge in [-0.05, 0) is 18.2 Å². The maximum Gasteiger partial charge on any atom is 0.158 e. The first-order chi connectivity index (χ1) is 11.3. The fourth-order valence-corrected chi connectivity index (χ4v) is 2.12. The molecule has 0 saturated carbocycles. The van der Waals surface area contributed by atoms with E-state index in [-0.39, 0.29) is 5.82 Å². The third-order valence-corrected chi connectivity index (χ3v) is 3.05. The molecule has 120 valence electrons. The van der Waals surface area contributed by atoms with Gasteiger partial charge in [0.15, 0.2) is 5.65 Å². The summed E-state index contributed by atoms with van der Waals surface area (Å²) in [6, 6.07) is 10.4. The van der Waals surface area contributed by atoms with E-state index in [1.165, 1.54) is 6.07 Å². The van der Waals surface area contributed by atoms with E-state index in [0.29, 0.717) is 18.7 Å². The lowest BCUT2D eigenvalue weighted by Gasteiger charge is -2.04. The lowest BCUT2D eigenvalue weighted by atomic mass is 10.2. The number of pyridine rings is 1. The Kier molecular flexibility index (Phi) is 7.37. The molecule has 3 aromatic rings. The van der Waals surface area contributed by atoms with E-state index < -0.39 is 0 Å². The van der Waals surface area contributed by atoms with Gasteiger partial charge in [0.25, 0.3) is 0 Å². The van der Waals surface area contributed by atoms with Gasteiger partial charge < -0.3 is 5.73 Å². The number of hydrogen-bond acceptors (Lipinski definition) is 4. The molecule has 2 N–H and O–H groups in total. The average Bonchev–Trinajstić information content (AvgIpc) is 2.98. The molecule has 1 aromatic carbocycles. The summed E-state index contributed by atoms with van der Waals surface area (Å²) in [4.78, 5) is 4.30. The molecular weight excluding hydrogens is 293 g/mol. The first kappa shape index (κ1) is 18.3. The molecule has 0 unspecified atom stereocenters. The van der Waals surface area contributed by atoms with Gasteiger partial charge in [0.05, 0.1) is 12.2 Å². The Labute approximate surface area is 135 Å². The zero-order valence-electron chi connectivity index (χ0n) is 13.3. The minimum absolute atomic E-state index is 0.239. The molecule has 0 saturated heterocycles. The second-order valence-corrected chi connectivity index (χ2v) is 4.27. The predicted octanol–water partition coefficient (Wildman–Crippen LogP) is 3.24. The number of nitriles is 1. The molecule has 0 aliphatic carbocycles. The Balaban J connectivity index is 0.000000615. The zero-order valence-corrected chi connectivity index (χ0v) is 13.3. The van der Waals surface area contributed by atoms with Gasteiger partial charge in [0.2, 0.25) is 0 Å². The van der Waals surface area contributed by atoms with Gasteiger partial charge in [-0.1, -0.05) is 32.0 Å². The molecular formula is C17H20FN5. The first-order valence-electron chi connectivity index (χ1n) is 7.29. The lowest BCUT2D eigenvalue weighted by molar-refractivity contribution is 0.587. The highest BCUT2D eigenvalue weighted by Gasteiger charge is 2.11. The molecule has 0 aliphatic rings. The van der Waals surface area contributed by atoms with E-state index >= 15 is 0 Å². The standard InChI is InChI=1S/C14H13FN4.C2H6.CHN/c15-12-6-2-1-4-10(12)9-19-14-11(5-3-7-17-14)13(8-16)18-19;2*1-2/h1-7H,8-9,16H2;1-2H3;1H. The summed E-state index contributed by atoms with van der Waals surface area (Å²) in [6.45, 7) is 8.19. The van der Waals surface area contributed by atoms with Crippen LogP contribution in [0.25, 0.3) is 11.0 Å². The molecule has 0 amide bonds. The number of benzene rings is 1. The molecule has 0 atom stereocenters. The van der Waals surface area contributed by atoms with E-state index in [1.807, 2.05) is 26.0 Å². The summed E-state index contributed by atoms with van der Waals surface area (Å²) in [5.74, 6) is -0.239. The largest absolute Gasteiger partial charge is 0.325 e. The highest BCUT2D eigenvalue weighted by molar-refractivity contribution is 5.78. The molecule has 0 bridgehead atoms. The van der Waals surface area contributed by atoms with Gasteiger partial charge in [-0.15, -0.1) is 0 Å². The zero-order chi connectivity index (χ0) is 17.2. The highest BCUT2D eigenvalue weighted by atomic mass is 19.1. The van der Waals surface area contributed by atoms with Crippen molar-refractivity contribution in [3.05, 3.63) is 59.7 Å². The van der Waals surface area contributed by atoms with Gasteiger partial charge in [-0.3, -0.25) is 0 Å². The van der Waals surface area contributed by atoms with Crippen molar-refractivity contribution in [2.75, 3.05) is 0 Å². The minimum atomic E-state index is -0.239. The maximum atomic E-state index is 13.7. The Morgan fingerprint density at radius 3 is 2.52 bits per heavy atom. The normalized spacial score (nSPS) is 9.48. The summed E-state index contributed by atoms with van der Waals surface area (Å²) in [7, 11) is 0. The van der Waals surface area contributed by atoms with Crippen LogP contribution in [0, 0.1) is 17.7 Å². The number of nitrogens with two attached hydrogens (primary N) is 1. The number of rotatable bonds is 3. The van der Waals surface area contributed by atoms with Crippen molar-refractivity contribution in [1.29, 1.82) is 5.26 Å². The molecule has 0 radical (unpaired) electrons. The van der Waals surface area contributed by atoms with Crippen molar-refractivity contribution >= 4 is 11.0 Å². The Morgan fingerprint density at radius 2 is 1.87 bits per heavy atom.